The molecular formula is C21H46. The lowest BCUT2D eigenvalue weighted by molar-refractivity contribution is 0.469. The molecule has 130 valence electrons. The zero-order chi connectivity index (χ0) is 16.4. The predicted molar refractivity (Wildman–Crippen MR) is 101 cm³/mol. The molecule has 0 heterocycles. The monoisotopic (exact) mass is 298 g/mol. The van der Waals surface area contributed by atoms with Gasteiger partial charge < -0.3 is 0 Å². The maximum atomic E-state index is 2.29. The Hall–Kier alpha value is 0. The molecular weight excluding hydrogens is 252 g/mol. The van der Waals surface area contributed by atoms with Crippen LogP contribution in [0.2, 0.25) is 0 Å². The quantitative estimate of drug-likeness (QED) is 0.299. The van der Waals surface area contributed by atoms with Gasteiger partial charge in [0.1, 0.15) is 0 Å². The van der Waals surface area contributed by atoms with Crippen molar-refractivity contribution in [1.82, 2.24) is 0 Å². The van der Waals surface area contributed by atoms with E-state index in [1.165, 1.54) is 89.9 Å². The summed E-state index contributed by atoms with van der Waals surface area (Å²) in [5, 5.41) is 0. The van der Waals surface area contributed by atoms with Gasteiger partial charge >= 0.3 is 0 Å². The molecule has 0 amide bonds. The summed E-state index contributed by atoms with van der Waals surface area (Å²) >= 11 is 0. The molecule has 0 saturated carbocycles. The molecule has 0 aromatic rings. The second kappa shape index (κ2) is 18.1. The third-order valence-electron chi connectivity index (χ3n) is 3.46. The average molecular weight is 299 g/mol. The van der Waals surface area contributed by atoms with E-state index in [1.54, 1.807) is 0 Å². The van der Waals surface area contributed by atoms with Gasteiger partial charge in [-0.05, 0) is 5.41 Å². The topological polar surface area (TPSA) is 0 Å². The Bertz CT molecular complexity index is 143. The molecule has 0 saturated heterocycles. The molecule has 0 aliphatic rings. The van der Waals surface area contributed by atoms with Crippen molar-refractivity contribution in [3.8, 4) is 0 Å². The molecule has 0 aromatic heterocycles. The van der Waals surface area contributed by atoms with E-state index >= 15 is 0 Å². The van der Waals surface area contributed by atoms with Gasteiger partial charge in [-0.3, -0.25) is 0 Å². The van der Waals surface area contributed by atoms with Gasteiger partial charge in [-0.25, -0.2) is 0 Å². The van der Waals surface area contributed by atoms with Crippen molar-refractivity contribution in [2.45, 2.75) is 131 Å². The van der Waals surface area contributed by atoms with Crippen molar-refractivity contribution >= 4 is 0 Å². The minimum absolute atomic E-state index is 0.500. The van der Waals surface area contributed by atoms with E-state index in [9.17, 15) is 0 Å². The van der Waals surface area contributed by atoms with E-state index in [4.69, 9.17) is 0 Å². The highest BCUT2D eigenvalue weighted by Crippen LogP contribution is 2.12. The van der Waals surface area contributed by atoms with Gasteiger partial charge in [0.05, 0.1) is 0 Å². The van der Waals surface area contributed by atoms with Gasteiger partial charge in [-0.1, -0.05) is 131 Å². The zero-order valence-electron chi connectivity index (χ0n) is 16.4. The number of rotatable bonds is 13. The Labute approximate surface area is 137 Å². The summed E-state index contributed by atoms with van der Waals surface area (Å²) in [4.78, 5) is 0. The number of unbranched alkanes of at least 4 members (excludes halogenated alkanes) is 13. The van der Waals surface area contributed by atoms with Crippen LogP contribution in [0.25, 0.3) is 0 Å². The van der Waals surface area contributed by atoms with Gasteiger partial charge in [0, 0.05) is 0 Å². The van der Waals surface area contributed by atoms with Gasteiger partial charge in [-0.15, -0.1) is 0 Å². The summed E-state index contributed by atoms with van der Waals surface area (Å²) in [6.45, 7) is 13.3. The summed E-state index contributed by atoms with van der Waals surface area (Å²) in [5.74, 6) is 0. The fourth-order valence-electron chi connectivity index (χ4n) is 2.27. The Morgan fingerprint density at radius 3 is 0.667 bits per heavy atom. The van der Waals surface area contributed by atoms with Gasteiger partial charge in [0.15, 0.2) is 0 Å². The van der Waals surface area contributed by atoms with Crippen LogP contribution in [-0.4, -0.2) is 0 Å². The Kier molecular flexibility index (Phi) is 20.0. The molecule has 0 N–H and O–H groups in total. The van der Waals surface area contributed by atoms with Crippen molar-refractivity contribution in [3.63, 3.8) is 0 Å². The molecule has 0 unspecified atom stereocenters. The summed E-state index contributed by atoms with van der Waals surface area (Å²) < 4.78 is 0. The third-order valence-corrected chi connectivity index (χ3v) is 3.46. The van der Waals surface area contributed by atoms with E-state index in [0.717, 1.165) is 0 Å². The van der Waals surface area contributed by atoms with Crippen molar-refractivity contribution in [3.05, 3.63) is 0 Å². The lowest BCUT2D eigenvalue weighted by Gasteiger charge is -2.05. The third kappa shape index (κ3) is 38.3. The highest BCUT2D eigenvalue weighted by Gasteiger charge is 1.95. The average Bonchev–Trinajstić information content (AvgIpc) is 2.38. The fraction of sp³-hybridized carbons (Fsp3) is 1.00. The smallest absolute Gasteiger partial charge is 0.0411 e. The summed E-state index contributed by atoms with van der Waals surface area (Å²) in [5.41, 5.74) is 0.500. The van der Waals surface area contributed by atoms with Crippen LogP contribution in [0.15, 0.2) is 0 Å². The molecule has 0 fully saturated rings. The van der Waals surface area contributed by atoms with E-state index < -0.39 is 0 Å². The first-order valence-electron chi connectivity index (χ1n) is 9.91. The van der Waals surface area contributed by atoms with Gasteiger partial charge in [0.2, 0.25) is 0 Å². The highest BCUT2D eigenvalue weighted by molar-refractivity contribution is 4.48. The minimum Gasteiger partial charge on any atom is -0.0654 e. The molecule has 0 radical (unpaired) electrons. The molecule has 0 heteroatoms. The predicted octanol–water partition coefficient (Wildman–Crippen LogP) is 8.54. The zero-order valence-corrected chi connectivity index (χ0v) is 16.4. The second-order valence-electron chi connectivity index (χ2n) is 8.24. The molecule has 0 spiro atoms. The van der Waals surface area contributed by atoms with Crippen LogP contribution in [0.1, 0.15) is 131 Å². The maximum absolute atomic E-state index is 2.29. The van der Waals surface area contributed by atoms with E-state index in [1.807, 2.05) is 0 Å². The molecule has 0 bridgehead atoms. The van der Waals surface area contributed by atoms with Crippen LogP contribution >= 0.6 is 0 Å². The fourth-order valence-corrected chi connectivity index (χ4v) is 2.27. The van der Waals surface area contributed by atoms with Crippen molar-refractivity contribution < 1.29 is 0 Å². The summed E-state index contributed by atoms with van der Waals surface area (Å²) in [7, 11) is 0. The molecule has 0 aliphatic heterocycles. The standard InChI is InChI=1S/C16H34.C5H12/c1-3-5-7-9-11-13-15-16-14-12-10-8-6-4-2;1-5(2,3)4/h3-16H2,1-2H3;1-4H3. The van der Waals surface area contributed by atoms with E-state index in [2.05, 4.69) is 41.5 Å². The molecule has 0 rings (SSSR count). The van der Waals surface area contributed by atoms with E-state index in [-0.39, 0.29) is 0 Å². The van der Waals surface area contributed by atoms with Crippen molar-refractivity contribution in [2.24, 2.45) is 5.41 Å². The first-order chi connectivity index (χ1) is 9.91. The van der Waals surface area contributed by atoms with Crippen molar-refractivity contribution in [1.29, 1.82) is 0 Å². The Morgan fingerprint density at radius 1 is 0.381 bits per heavy atom. The normalized spacial score (nSPS) is 11.1. The SMILES string of the molecule is CC(C)(C)C.CCCCCCCCCCCCCCCC. The van der Waals surface area contributed by atoms with Crippen LogP contribution in [0, 0.1) is 5.41 Å². The van der Waals surface area contributed by atoms with Crippen LogP contribution in [0.4, 0.5) is 0 Å². The lowest BCUT2D eigenvalue weighted by Crippen LogP contribution is -1.93. The minimum atomic E-state index is 0.500. The maximum Gasteiger partial charge on any atom is -0.0411 e. The Balaban J connectivity index is 0. The summed E-state index contributed by atoms with van der Waals surface area (Å²) in [6, 6.07) is 0. The first kappa shape index (κ1) is 23.3. The number of hydrogen-bond acceptors (Lipinski definition) is 0. The summed E-state index contributed by atoms with van der Waals surface area (Å²) in [6.07, 6.45) is 20.4. The molecule has 0 aliphatic carbocycles. The van der Waals surface area contributed by atoms with Crippen molar-refractivity contribution in [2.75, 3.05) is 0 Å². The second-order valence-corrected chi connectivity index (χ2v) is 8.24. The van der Waals surface area contributed by atoms with Crippen LogP contribution in [-0.2, 0) is 0 Å². The molecule has 0 nitrogen and oxygen atoms in total. The Morgan fingerprint density at radius 2 is 0.524 bits per heavy atom. The molecule has 0 aromatic carbocycles. The highest BCUT2D eigenvalue weighted by atomic mass is 14.0. The van der Waals surface area contributed by atoms with E-state index in [0.29, 0.717) is 5.41 Å². The van der Waals surface area contributed by atoms with Crippen LogP contribution < -0.4 is 0 Å². The first-order valence-corrected chi connectivity index (χ1v) is 9.91. The van der Waals surface area contributed by atoms with Crippen LogP contribution in [0.3, 0.4) is 0 Å². The van der Waals surface area contributed by atoms with Gasteiger partial charge in [0.25, 0.3) is 0 Å². The molecule has 0 atom stereocenters. The van der Waals surface area contributed by atoms with Crippen LogP contribution in [0.5, 0.6) is 0 Å². The molecule has 21 heavy (non-hydrogen) atoms. The van der Waals surface area contributed by atoms with Gasteiger partial charge in [-0.2, -0.15) is 0 Å². The number of hydrogen-bond donors (Lipinski definition) is 0. The largest absolute Gasteiger partial charge is 0.0654 e. The lowest BCUT2D eigenvalue weighted by atomic mass is 10.0.